The maximum Gasteiger partial charge on any atom is 0.129 e. The monoisotopic (exact) mass is 265 g/mol. The van der Waals surface area contributed by atoms with E-state index in [-0.39, 0.29) is 11.0 Å². The summed E-state index contributed by atoms with van der Waals surface area (Å²) in [6.07, 6.45) is -1.00. The minimum Gasteiger partial charge on any atom is -0.382 e. The second kappa shape index (κ2) is 4.78. The van der Waals surface area contributed by atoms with Crippen molar-refractivity contribution in [1.82, 2.24) is 4.98 Å². The molecule has 0 aliphatic heterocycles. The summed E-state index contributed by atoms with van der Waals surface area (Å²) in [5.41, 5.74) is 0.719. The smallest absolute Gasteiger partial charge is 0.129 e. The van der Waals surface area contributed by atoms with Crippen LogP contribution in [0.1, 0.15) is 43.1 Å². The predicted octanol–water partition coefficient (Wildman–Crippen LogP) is 3.66. The van der Waals surface area contributed by atoms with Crippen LogP contribution in [0.4, 0.5) is 4.39 Å². The topological polar surface area (TPSA) is 33.1 Å². The van der Waals surface area contributed by atoms with Crippen molar-refractivity contribution in [2.75, 3.05) is 0 Å². The van der Waals surface area contributed by atoms with E-state index in [1.807, 2.05) is 0 Å². The van der Waals surface area contributed by atoms with Crippen molar-refractivity contribution in [1.29, 1.82) is 0 Å². The van der Waals surface area contributed by atoms with E-state index in [0.29, 0.717) is 5.69 Å². The van der Waals surface area contributed by atoms with Crippen molar-refractivity contribution in [2.24, 2.45) is 0 Å². The summed E-state index contributed by atoms with van der Waals surface area (Å²) in [5.74, 6) is -0.407. The maximum atomic E-state index is 13.6. The first-order valence-corrected chi connectivity index (χ1v) is 6.66. The van der Waals surface area contributed by atoms with Gasteiger partial charge in [0.2, 0.25) is 0 Å². The number of aliphatic hydroxyl groups is 1. The van der Waals surface area contributed by atoms with Gasteiger partial charge in [-0.1, -0.05) is 39.0 Å². The summed E-state index contributed by atoms with van der Waals surface area (Å²) in [6.45, 7) is 6.18. The molecule has 0 amide bonds. The van der Waals surface area contributed by atoms with Gasteiger partial charge >= 0.3 is 0 Å². The Morgan fingerprint density at radius 1 is 1.28 bits per heavy atom. The molecule has 2 nitrogen and oxygen atoms in total. The Morgan fingerprint density at radius 3 is 2.50 bits per heavy atom. The highest BCUT2D eigenvalue weighted by molar-refractivity contribution is 7.09. The van der Waals surface area contributed by atoms with Crippen molar-refractivity contribution < 1.29 is 9.50 Å². The first kappa shape index (κ1) is 13.2. The molecule has 1 N–H and O–H groups in total. The Morgan fingerprint density at radius 2 is 1.94 bits per heavy atom. The van der Waals surface area contributed by atoms with Crippen LogP contribution < -0.4 is 0 Å². The van der Waals surface area contributed by atoms with Crippen LogP contribution in [-0.2, 0) is 5.41 Å². The number of hydrogen-bond acceptors (Lipinski definition) is 3. The van der Waals surface area contributed by atoms with Gasteiger partial charge in [0.1, 0.15) is 11.9 Å². The summed E-state index contributed by atoms with van der Waals surface area (Å²) in [4.78, 5) is 4.40. The zero-order valence-electron chi connectivity index (χ0n) is 10.6. The molecule has 0 fully saturated rings. The summed E-state index contributed by atoms with van der Waals surface area (Å²) in [5, 5.41) is 12.9. The number of nitrogens with zero attached hydrogens (tertiary/aromatic N) is 1. The van der Waals surface area contributed by atoms with Crippen molar-refractivity contribution in [3.05, 3.63) is 51.7 Å². The second-order valence-corrected chi connectivity index (χ2v) is 6.11. The minimum absolute atomic E-state index is 0.0577. The molecule has 1 aromatic heterocycles. The van der Waals surface area contributed by atoms with Gasteiger partial charge in [-0.15, -0.1) is 11.3 Å². The largest absolute Gasteiger partial charge is 0.382 e. The van der Waals surface area contributed by atoms with Gasteiger partial charge in [0.05, 0.1) is 10.7 Å². The third-order valence-electron chi connectivity index (χ3n) is 2.64. The molecule has 0 saturated heterocycles. The van der Waals surface area contributed by atoms with Crippen molar-refractivity contribution in [3.63, 3.8) is 0 Å². The number of hydrogen-bond donors (Lipinski definition) is 1. The number of halogens is 1. The average molecular weight is 265 g/mol. The number of benzene rings is 1. The van der Waals surface area contributed by atoms with E-state index in [0.717, 1.165) is 5.01 Å². The molecule has 1 aromatic carbocycles. The fraction of sp³-hybridized carbons (Fsp3) is 0.357. The zero-order chi connectivity index (χ0) is 13.3. The number of aromatic nitrogens is 1. The quantitative estimate of drug-likeness (QED) is 0.899. The van der Waals surface area contributed by atoms with Crippen LogP contribution in [0.25, 0.3) is 0 Å². The van der Waals surface area contributed by atoms with Crippen LogP contribution in [0.2, 0.25) is 0 Å². The van der Waals surface area contributed by atoms with Gasteiger partial charge in [-0.05, 0) is 6.07 Å². The van der Waals surface area contributed by atoms with Gasteiger partial charge < -0.3 is 5.11 Å². The standard InChI is InChI=1S/C14H16FNOS/c1-14(2,3)13-16-11(8-18-13)12(17)9-6-4-5-7-10(9)15/h4-8,12,17H,1-3H3. The van der Waals surface area contributed by atoms with E-state index in [1.165, 1.54) is 17.4 Å². The first-order valence-electron chi connectivity index (χ1n) is 5.78. The fourth-order valence-corrected chi connectivity index (χ4v) is 2.54. The summed E-state index contributed by atoms with van der Waals surface area (Å²) in [7, 11) is 0. The Labute approximate surface area is 110 Å². The fourth-order valence-electron chi connectivity index (χ4n) is 1.61. The normalized spacial score (nSPS) is 13.6. The van der Waals surface area contributed by atoms with Crippen LogP contribution in [0.15, 0.2) is 29.6 Å². The molecule has 2 rings (SSSR count). The molecule has 0 radical (unpaired) electrons. The van der Waals surface area contributed by atoms with Crippen LogP contribution >= 0.6 is 11.3 Å². The van der Waals surface area contributed by atoms with E-state index in [2.05, 4.69) is 25.8 Å². The minimum atomic E-state index is -1.00. The van der Waals surface area contributed by atoms with Gasteiger partial charge in [-0.2, -0.15) is 0 Å². The number of aliphatic hydroxyl groups excluding tert-OH is 1. The lowest BCUT2D eigenvalue weighted by atomic mass is 9.98. The molecule has 1 unspecified atom stereocenters. The van der Waals surface area contributed by atoms with Gasteiger partial charge in [0.15, 0.2) is 0 Å². The van der Waals surface area contributed by atoms with E-state index >= 15 is 0 Å². The molecule has 0 saturated carbocycles. The highest BCUT2D eigenvalue weighted by Crippen LogP contribution is 2.30. The molecule has 4 heteroatoms. The molecule has 18 heavy (non-hydrogen) atoms. The third-order valence-corrected chi connectivity index (χ3v) is 3.93. The molecule has 0 spiro atoms. The molecule has 0 aliphatic rings. The highest BCUT2D eigenvalue weighted by atomic mass is 32.1. The Hall–Kier alpha value is -1.26. The van der Waals surface area contributed by atoms with E-state index in [1.54, 1.807) is 23.6 Å². The van der Waals surface area contributed by atoms with Gasteiger partial charge in [-0.3, -0.25) is 0 Å². The van der Waals surface area contributed by atoms with Gasteiger partial charge in [0.25, 0.3) is 0 Å². The van der Waals surface area contributed by atoms with Crippen molar-refractivity contribution >= 4 is 11.3 Å². The molecular formula is C14H16FNOS. The molecule has 96 valence electrons. The van der Waals surface area contributed by atoms with Gasteiger partial charge in [-0.25, -0.2) is 9.37 Å². The van der Waals surface area contributed by atoms with Crippen LogP contribution in [0.3, 0.4) is 0 Å². The summed E-state index contributed by atoms with van der Waals surface area (Å²) < 4.78 is 13.6. The highest BCUT2D eigenvalue weighted by Gasteiger charge is 2.22. The first-order chi connectivity index (χ1) is 8.39. The Balaban J connectivity index is 2.33. The number of thiazole rings is 1. The zero-order valence-corrected chi connectivity index (χ0v) is 11.5. The second-order valence-electron chi connectivity index (χ2n) is 5.25. The van der Waals surface area contributed by atoms with Crippen LogP contribution in [-0.4, -0.2) is 10.1 Å². The average Bonchev–Trinajstić information content (AvgIpc) is 2.77. The van der Waals surface area contributed by atoms with Crippen molar-refractivity contribution in [2.45, 2.75) is 32.3 Å². The van der Waals surface area contributed by atoms with E-state index < -0.39 is 11.9 Å². The Bertz CT molecular complexity index is 545. The molecule has 1 atom stereocenters. The SMILES string of the molecule is CC(C)(C)c1nc(C(O)c2ccccc2F)cs1. The lowest BCUT2D eigenvalue weighted by Crippen LogP contribution is -2.11. The maximum absolute atomic E-state index is 13.6. The predicted molar refractivity (Wildman–Crippen MR) is 71.3 cm³/mol. The lowest BCUT2D eigenvalue weighted by Gasteiger charge is -2.14. The van der Waals surface area contributed by atoms with Crippen molar-refractivity contribution in [3.8, 4) is 0 Å². The molecule has 0 aliphatic carbocycles. The molecular weight excluding hydrogens is 249 g/mol. The lowest BCUT2D eigenvalue weighted by molar-refractivity contribution is 0.210. The summed E-state index contributed by atoms with van der Waals surface area (Å²) >= 11 is 1.49. The molecule has 1 heterocycles. The molecule has 2 aromatic rings. The van der Waals surface area contributed by atoms with E-state index in [9.17, 15) is 9.50 Å². The van der Waals surface area contributed by atoms with Gasteiger partial charge in [0, 0.05) is 16.4 Å². The van der Waals surface area contributed by atoms with Crippen LogP contribution in [0, 0.1) is 5.82 Å². The third kappa shape index (κ3) is 2.60. The molecule has 0 bridgehead atoms. The summed E-state index contributed by atoms with van der Waals surface area (Å²) in [6, 6.07) is 6.23. The van der Waals surface area contributed by atoms with Crippen LogP contribution in [0.5, 0.6) is 0 Å². The number of rotatable bonds is 2. The Kier molecular flexibility index (Phi) is 3.50. The van der Waals surface area contributed by atoms with E-state index in [4.69, 9.17) is 0 Å².